The van der Waals surface area contributed by atoms with Crippen molar-refractivity contribution >= 4 is 21.9 Å². The Kier molecular flexibility index (Phi) is 7.06. The fraction of sp³-hybridized carbons (Fsp3) is 0. The van der Waals surface area contributed by atoms with Gasteiger partial charge in [-0.2, -0.15) is 0 Å². The maximum Gasteiger partial charge on any atom is 0.162 e. The molecule has 0 spiro atoms. The number of hydrogen-bond acceptors (Lipinski definition) is 5. The minimum atomic E-state index is 0.756. The molecule has 0 unspecified atom stereocenters. The Morgan fingerprint density at radius 2 is 0.980 bits per heavy atom. The number of hydrogen-bond donors (Lipinski definition) is 0. The van der Waals surface area contributed by atoms with Gasteiger partial charge in [0.25, 0.3) is 0 Å². The normalized spacial score (nSPS) is 11.3. The highest BCUT2D eigenvalue weighted by Gasteiger charge is 2.24. The maximum absolute atomic E-state index is 6.94. The van der Waals surface area contributed by atoms with E-state index in [1.54, 1.807) is 12.4 Å². The van der Waals surface area contributed by atoms with E-state index in [0.29, 0.717) is 0 Å². The molecule has 0 fully saturated rings. The standard InChI is InChI=1S/C44H28N4O/c1-4-14-29(15-5-1)40-41-34-26-32(33-27-38(36-20-10-12-24-45-36)47-39(28-33)37-21-11-13-25-46-37)22-23-35(34)48-42(30-16-6-2-7-17-30)44(41)49-43(40)31-18-8-3-9-19-31/h1-28H. The Labute approximate surface area is 283 Å². The summed E-state index contributed by atoms with van der Waals surface area (Å²) in [7, 11) is 0. The highest BCUT2D eigenvalue weighted by atomic mass is 16.3. The number of aromatic nitrogens is 4. The average molecular weight is 629 g/mol. The SMILES string of the molecule is c1ccc(-c2oc3c(-c4ccccc4)nc4ccc(-c5cc(-c6ccccn6)nc(-c6ccccn6)c5)cc4c3c2-c2ccccc2)cc1. The number of pyridine rings is 4. The predicted octanol–water partition coefficient (Wildman–Crippen LogP) is 11.2. The van der Waals surface area contributed by atoms with E-state index in [-0.39, 0.29) is 0 Å². The molecule has 230 valence electrons. The Morgan fingerprint density at radius 3 is 1.57 bits per heavy atom. The van der Waals surface area contributed by atoms with Crippen LogP contribution >= 0.6 is 0 Å². The first-order valence-corrected chi connectivity index (χ1v) is 16.2. The molecule has 0 aliphatic rings. The lowest BCUT2D eigenvalue weighted by Gasteiger charge is -2.12. The van der Waals surface area contributed by atoms with Crippen LogP contribution in [0.4, 0.5) is 0 Å². The molecule has 0 saturated carbocycles. The van der Waals surface area contributed by atoms with Gasteiger partial charge in [-0.1, -0.05) is 109 Å². The Balaban J connectivity index is 1.36. The van der Waals surface area contributed by atoms with Crippen molar-refractivity contribution in [3.8, 4) is 67.6 Å². The van der Waals surface area contributed by atoms with E-state index < -0.39 is 0 Å². The highest BCUT2D eigenvalue weighted by molar-refractivity contribution is 6.18. The molecule has 0 radical (unpaired) electrons. The van der Waals surface area contributed by atoms with Crippen LogP contribution in [0.1, 0.15) is 0 Å². The third kappa shape index (κ3) is 5.24. The molecule has 5 nitrogen and oxygen atoms in total. The smallest absolute Gasteiger partial charge is 0.162 e. The molecule has 0 aliphatic heterocycles. The molecule has 5 heteroatoms. The molecule has 49 heavy (non-hydrogen) atoms. The van der Waals surface area contributed by atoms with Gasteiger partial charge in [0.05, 0.1) is 28.3 Å². The van der Waals surface area contributed by atoms with E-state index in [9.17, 15) is 0 Å². The van der Waals surface area contributed by atoms with Gasteiger partial charge in [-0.25, -0.2) is 9.97 Å². The van der Waals surface area contributed by atoms with Crippen LogP contribution in [-0.4, -0.2) is 19.9 Å². The van der Waals surface area contributed by atoms with Crippen molar-refractivity contribution in [1.82, 2.24) is 19.9 Å². The first kappa shape index (κ1) is 28.5. The first-order valence-electron chi connectivity index (χ1n) is 16.2. The second kappa shape index (κ2) is 12.1. The van der Waals surface area contributed by atoms with Gasteiger partial charge in [0.15, 0.2) is 5.58 Å². The van der Waals surface area contributed by atoms with Gasteiger partial charge in [-0.15, -0.1) is 0 Å². The molecule has 0 amide bonds. The maximum atomic E-state index is 6.94. The van der Waals surface area contributed by atoms with Gasteiger partial charge in [-0.05, 0) is 65.2 Å². The average Bonchev–Trinajstić information content (AvgIpc) is 3.60. The lowest BCUT2D eigenvalue weighted by molar-refractivity contribution is 0.632. The van der Waals surface area contributed by atoms with Gasteiger partial charge in [-0.3, -0.25) is 9.97 Å². The summed E-state index contributed by atoms with van der Waals surface area (Å²) in [5.41, 5.74) is 11.8. The predicted molar refractivity (Wildman–Crippen MR) is 198 cm³/mol. The summed E-state index contributed by atoms with van der Waals surface area (Å²) >= 11 is 0. The molecule has 9 aromatic rings. The molecule has 0 N–H and O–H groups in total. The fourth-order valence-corrected chi connectivity index (χ4v) is 6.49. The van der Waals surface area contributed by atoms with Crippen molar-refractivity contribution in [2.75, 3.05) is 0 Å². The van der Waals surface area contributed by atoms with E-state index in [4.69, 9.17) is 14.4 Å². The van der Waals surface area contributed by atoms with Crippen molar-refractivity contribution < 1.29 is 4.42 Å². The molecule has 0 atom stereocenters. The van der Waals surface area contributed by atoms with Crippen molar-refractivity contribution in [3.63, 3.8) is 0 Å². The molecule has 5 aromatic heterocycles. The minimum absolute atomic E-state index is 0.756. The number of fused-ring (bicyclic) bond motifs is 3. The van der Waals surface area contributed by atoms with Crippen LogP contribution in [0.15, 0.2) is 175 Å². The van der Waals surface area contributed by atoms with E-state index in [1.165, 1.54) is 0 Å². The van der Waals surface area contributed by atoms with Gasteiger partial charge < -0.3 is 4.42 Å². The third-order valence-electron chi connectivity index (χ3n) is 8.78. The minimum Gasteiger partial charge on any atom is -0.453 e. The summed E-state index contributed by atoms with van der Waals surface area (Å²) in [6.07, 6.45) is 3.59. The Morgan fingerprint density at radius 1 is 0.408 bits per heavy atom. The number of benzene rings is 4. The first-order chi connectivity index (χ1) is 24.3. The summed E-state index contributed by atoms with van der Waals surface area (Å²) in [5.74, 6) is 0.817. The molecule has 9 rings (SSSR count). The van der Waals surface area contributed by atoms with Crippen LogP contribution in [0.5, 0.6) is 0 Å². The summed E-state index contributed by atoms with van der Waals surface area (Å²) in [6.45, 7) is 0. The van der Waals surface area contributed by atoms with Gasteiger partial charge in [0, 0.05) is 39.9 Å². The quantitative estimate of drug-likeness (QED) is 0.183. The van der Waals surface area contributed by atoms with Gasteiger partial charge in [0.1, 0.15) is 11.5 Å². The van der Waals surface area contributed by atoms with E-state index in [2.05, 4.69) is 88.8 Å². The van der Waals surface area contributed by atoms with Crippen LogP contribution in [0.25, 0.3) is 89.5 Å². The van der Waals surface area contributed by atoms with Gasteiger partial charge >= 0.3 is 0 Å². The van der Waals surface area contributed by atoms with Crippen LogP contribution in [0.3, 0.4) is 0 Å². The van der Waals surface area contributed by atoms with E-state index in [1.807, 2.05) is 78.9 Å². The third-order valence-corrected chi connectivity index (χ3v) is 8.78. The molecular formula is C44H28N4O. The largest absolute Gasteiger partial charge is 0.453 e. The van der Waals surface area contributed by atoms with Crippen LogP contribution in [-0.2, 0) is 0 Å². The monoisotopic (exact) mass is 628 g/mol. The molecule has 0 saturated heterocycles. The molecule has 0 bridgehead atoms. The van der Waals surface area contributed by atoms with Gasteiger partial charge in [0.2, 0.25) is 0 Å². The zero-order valence-corrected chi connectivity index (χ0v) is 26.4. The fourth-order valence-electron chi connectivity index (χ4n) is 6.49. The number of nitrogens with zero attached hydrogens (tertiary/aromatic N) is 4. The lowest BCUT2D eigenvalue weighted by atomic mass is 9.93. The lowest BCUT2D eigenvalue weighted by Crippen LogP contribution is -1.94. The number of rotatable bonds is 6. The second-order valence-corrected chi connectivity index (χ2v) is 11.9. The molecule has 4 aromatic carbocycles. The van der Waals surface area contributed by atoms with Crippen molar-refractivity contribution in [2.45, 2.75) is 0 Å². The zero-order valence-electron chi connectivity index (χ0n) is 26.4. The molecule has 0 aliphatic carbocycles. The Bertz CT molecular complexity index is 2510. The van der Waals surface area contributed by atoms with Crippen LogP contribution < -0.4 is 0 Å². The number of furan rings is 1. The highest BCUT2D eigenvalue weighted by Crippen LogP contribution is 2.47. The summed E-state index contributed by atoms with van der Waals surface area (Å²) in [4.78, 5) is 19.5. The summed E-state index contributed by atoms with van der Waals surface area (Å²) in [6, 6.07) is 53.5. The van der Waals surface area contributed by atoms with E-state index in [0.717, 1.165) is 89.5 Å². The van der Waals surface area contributed by atoms with Crippen molar-refractivity contribution in [1.29, 1.82) is 0 Å². The zero-order chi connectivity index (χ0) is 32.6. The van der Waals surface area contributed by atoms with Crippen molar-refractivity contribution in [3.05, 3.63) is 170 Å². The molecule has 5 heterocycles. The van der Waals surface area contributed by atoms with Crippen molar-refractivity contribution in [2.24, 2.45) is 0 Å². The van der Waals surface area contributed by atoms with E-state index >= 15 is 0 Å². The van der Waals surface area contributed by atoms with Crippen LogP contribution in [0.2, 0.25) is 0 Å². The summed E-state index contributed by atoms with van der Waals surface area (Å²) in [5, 5.41) is 2.03. The topological polar surface area (TPSA) is 64.7 Å². The summed E-state index contributed by atoms with van der Waals surface area (Å²) < 4.78 is 6.94. The van der Waals surface area contributed by atoms with Crippen LogP contribution in [0, 0.1) is 0 Å². The molecular weight excluding hydrogens is 601 g/mol. The Hall–Kier alpha value is -6.72. The second-order valence-electron chi connectivity index (χ2n) is 11.9.